The van der Waals surface area contributed by atoms with E-state index < -0.39 is 52.0 Å². The number of carbonyl (C=O) groups is 3. The highest BCUT2D eigenvalue weighted by Gasteiger charge is 2.60. The van der Waals surface area contributed by atoms with E-state index in [0.29, 0.717) is 22.4 Å². The SMILES string of the molecule is CN(C)c1cc(-c2ccoc2)c(O)c2c1C[C@H]1C[C@H]3CC(=O)C(C(N)=O)=C(O)[C@@]3(O)C(=O)C1=C2O. The lowest BCUT2D eigenvalue weighted by atomic mass is 9.59. The minimum atomic E-state index is -2.59. The largest absolute Gasteiger partial charge is 0.508 e. The summed E-state index contributed by atoms with van der Waals surface area (Å²) in [4.78, 5) is 39.7. The molecule has 0 saturated heterocycles. The Kier molecular flexibility index (Phi) is 4.85. The molecule has 0 aliphatic heterocycles. The van der Waals surface area contributed by atoms with Gasteiger partial charge in [-0.25, -0.2) is 0 Å². The molecule has 1 saturated carbocycles. The smallest absolute Gasteiger partial charge is 0.255 e. The number of aliphatic hydroxyl groups is 3. The molecule has 6 N–H and O–H groups in total. The van der Waals surface area contributed by atoms with Crippen LogP contribution in [0.15, 0.2) is 46.0 Å². The van der Waals surface area contributed by atoms with Crippen molar-refractivity contribution in [2.45, 2.75) is 24.9 Å². The Morgan fingerprint density at radius 1 is 1.20 bits per heavy atom. The summed E-state index contributed by atoms with van der Waals surface area (Å²) in [5, 5.41) is 44.5. The monoisotopic (exact) mass is 480 g/mol. The Hall–Kier alpha value is -4.05. The van der Waals surface area contributed by atoms with Gasteiger partial charge in [0.15, 0.2) is 11.4 Å². The van der Waals surface area contributed by atoms with Crippen molar-refractivity contribution in [3.05, 3.63) is 52.7 Å². The van der Waals surface area contributed by atoms with Gasteiger partial charge in [0.1, 0.15) is 22.8 Å². The number of hydrogen-bond donors (Lipinski definition) is 5. The molecule has 2 aromatic rings. The number of hydrogen-bond acceptors (Lipinski definition) is 9. The molecule has 35 heavy (non-hydrogen) atoms. The van der Waals surface area contributed by atoms with Crippen LogP contribution in [0.1, 0.15) is 24.0 Å². The Balaban J connectivity index is 1.75. The van der Waals surface area contributed by atoms with Crippen LogP contribution < -0.4 is 10.6 Å². The number of nitrogens with zero attached hydrogens (tertiary/aromatic N) is 1. The van der Waals surface area contributed by atoms with Gasteiger partial charge in [-0.3, -0.25) is 14.4 Å². The Labute approximate surface area is 199 Å². The summed E-state index contributed by atoms with van der Waals surface area (Å²) in [5.41, 5.74) is 3.91. The number of primary amides is 1. The average Bonchev–Trinajstić information content (AvgIpc) is 3.30. The summed E-state index contributed by atoms with van der Waals surface area (Å²) in [6.45, 7) is 0. The lowest BCUT2D eigenvalue weighted by Gasteiger charge is -2.46. The van der Waals surface area contributed by atoms with Gasteiger partial charge in [-0.15, -0.1) is 0 Å². The van der Waals surface area contributed by atoms with Crippen molar-refractivity contribution in [2.75, 3.05) is 19.0 Å². The normalized spacial score (nSPS) is 25.8. The third-order valence-electron chi connectivity index (χ3n) is 7.35. The number of phenols is 1. The molecular formula is C25H24N2O8. The maximum atomic E-state index is 13.6. The van der Waals surface area contributed by atoms with Gasteiger partial charge in [-0.05, 0) is 36.5 Å². The first-order chi connectivity index (χ1) is 16.5. The molecule has 3 aliphatic carbocycles. The van der Waals surface area contributed by atoms with Gasteiger partial charge in [0.2, 0.25) is 5.78 Å². The van der Waals surface area contributed by atoms with E-state index >= 15 is 0 Å². The third kappa shape index (κ3) is 2.96. The fourth-order valence-corrected chi connectivity index (χ4v) is 5.71. The van der Waals surface area contributed by atoms with E-state index in [0.717, 1.165) is 0 Å². The second kappa shape index (κ2) is 7.47. The van der Waals surface area contributed by atoms with Crippen LogP contribution >= 0.6 is 0 Å². The highest BCUT2D eigenvalue weighted by Crippen LogP contribution is 2.54. The number of amides is 1. The number of nitrogens with two attached hydrogens (primary N) is 1. The third-order valence-corrected chi connectivity index (χ3v) is 7.35. The van der Waals surface area contributed by atoms with E-state index in [1.165, 1.54) is 12.5 Å². The van der Waals surface area contributed by atoms with Crippen molar-refractivity contribution >= 4 is 28.9 Å². The number of benzene rings is 1. The van der Waals surface area contributed by atoms with Crippen LogP contribution in [0.4, 0.5) is 5.69 Å². The summed E-state index contributed by atoms with van der Waals surface area (Å²) >= 11 is 0. The minimum Gasteiger partial charge on any atom is -0.508 e. The molecule has 0 spiro atoms. The van der Waals surface area contributed by atoms with Crippen LogP contribution in [0, 0.1) is 11.8 Å². The Morgan fingerprint density at radius 3 is 2.51 bits per heavy atom. The molecule has 0 radical (unpaired) electrons. The molecule has 1 heterocycles. The van der Waals surface area contributed by atoms with E-state index in [2.05, 4.69) is 0 Å². The fraction of sp³-hybridized carbons (Fsp3) is 0.320. The van der Waals surface area contributed by atoms with E-state index in [1.807, 2.05) is 4.90 Å². The van der Waals surface area contributed by atoms with Crippen LogP contribution in [0.2, 0.25) is 0 Å². The van der Waals surface area contributed by atoms with Gasteiger partial charge in [0.05, 0.1) is 18.1 Å². The second-order valence-electron chi connectivity index (χ2n) is 9.46. The van der Waals surface area contributed by atoms with Crippen LogP contribution in [0.5, 0.6) is 5.75 Å². The van der Waals surface area contributed by atoms with Gasteiger partial charge in [-0.1, -0.05) is 0 Å². The van der Waals surface area contributed by atoms with Crippen molar-refractivity contribution in [2.24, 2.45) is 17.6 Å². The Morgan fingerprint density at radius 2 is 1.91 bits per heavy atom. The van der Waals surface area contributed by atoms with Crippen LogP contribution in [-0.2, 0) is 20.8 Å². The molecule has 0 unspecified atom stereocenters. The number of phenolic OH excluding ortho intramolecular Hbond substituents is 1. The molecule has 3 aliphatic rings. The fourth-order valence-electron chi connectivity index (χ4n) is 5.71. The average molecular weight is 480 g/mol. The highest BCUT2D eigenvalue weighted by molar-refractivity contribution is 6.22. The first-order valence-electron chi connectivity index (χ1n) is 11.0. The molecular weight excluding hydrogens is 456 g/mol. The van der Waals surface area contributed by atoms with Crippen LogP contribution in [0.25, 0.3) is 16.9 Å². The summed E-state index contributed by atoms with van der Waals surface area (Å²) < 4.78 is 5.14. The standard InChI is InChI=1S/C25H24N2O8/c1-27(2)15-8-13(10-3-4-35-9-10)20(29)18-14(15)6-11-5-12-7-16(28)19(24(26)33)23(32)25(12,34)22(31)17(11)21(18)30/h3-4,8-9,11-12,29-30,32,34H,5-7H2,1-2H3,(H2,26,33)/t11-,12+,25+/m1/s1. The maximum Gasteiger partial charge on any atom is 0.255 e. The van der Waals surface area contributed by atoms with Crippen molar-refractivity contribution in [1.82, 2.24) is 0 Å². The number of furan rings is 1. The van der Waals surface area contributed by atoms with E-state index in [1.54, 1.807) is 26.2 Å². The predicted octanol–water partition coefficient (Wildman–Crippen LogP) is 1.75. The topological polar surface area (TPSA) is 175 Å². The van der Waals surface area contributed by atoms with Gasteiger partial charge in [0.25, 0.3) is 5.91 Å². The zero-order valence-corrected chi connectivity index (χ0v) is 19.0. The molecule has 1 amide bonds. The molecule has 1 aromatic heterocycles. The number of Topliss-reactive ketones (excluding diaryl/α,β-unsaturated/α-hetero) is 2. The molecule has 1 fully saturated rings. The lowest BCUT2D eigenvalue weighted by molar-refractivity contribution is -0.147. The van der Waals surface area contributed by atoms with Gasteiger partial charge >= 0.3 is 0 Å². The number of ketones is 2. The van der Waals surface area contributed by atoms with Crippen LogP contribution in [0.3, 0.4) is 0 Å². The quantitative estimate of drug-likeness (QED) is 0.410. The Bertz CT molecular complexity index is 1370. The number of aliphatic hydroxyl groups excluding tert-OH is 2. The zero-order valence-electron chi connectivity index (χ0n) is 19.0. The molecule has 10 nitrogen and oxygen atoms in total. The van der Waals surface area contributed by atoms with Gasteiger partial charge in [0, 0.05) is 48.8 Å². The lowest BCUT2D eigenvalue weighted by Crippen LogP contribution is -2.58. The van der Waals surface area contributed by atoms with Crippen molar-refractivity contribution in [1.29, 1.82) is 0 Å². The van der Waals surface area contributed by atoms with Gasteiger partial charge in [-0.2, -0.15) is 0 Å². The summed E-state index contributed by atoms with van der Waals surface area (Å²) in [6.07, 6.45) is 2.84. The number of rotatable bonds is 3. The molecule has 182 valence electrons. The zero-order chi connectivity index (χ0) is 25.4. The molecule has 1 aromatic carbocycles. The summed E-state index contributed by atoms with van der Waals surface area (Å²) in [7, 11) is 3.61. The first-order valence-corrected chi connectivity index (χ1v) is 11.0. The van der Waals surface area contributed by atoms with E-state index in [4.69, 9.17) is 10.2 Å². The molecule has 0 bridgehead atoms. The van der Waals surface area contributed by atoms with E-state index in [9.17, 15) is 34.8 Å². The summed E-state index contributed by atoms with van der Waals surface area (Å²) in [5.74, 6) is -6.50. The number of anilines is 1. The highest BCUT2D eigenvalue weighted by atomic mass is 16.3. The number of carbonyl (C=O) groups excluding carboxylic acids is 3. The van der Waals surface area contributed by atoms with Gasteiger partial charge < -0.3 is 35.5 Å². The second-order valence-corrected chi connectivity index (χ2v) is 9.46. The molecule has 3 atom stereocenters. The maximum absolute atomic E-state index is 13.6. The first kappa shape index (κ1) is 22.7. The number of fused-ring (bicyclic) bond motifs is 3. The number of aromatic hydroxyl groups is 1. The van der Waals surface area contributed by atoms with E-state index in [-0.39, 0.29) is 36.1 Å². The minimum absolute atomic E-state index is 0.0412. The van der Waals surface area contributed by atoms with Crippen LogP contribution in [-0.4, -0.2) is 57.6 Å². The van der Waals surface area contributed by atoms with Crippen molar-refractivity contribution in [3.63, 3.8) is 0 Å². The molecule has 5 rings (SSSR count). The van der Waals surface area contributed by atoms with Crippen molar-refractivity contribution < 1.29 is 39.2 Å². The summed E-state index contributed by atoms with van der Waals surface area (Å²) in [6, 6.07) is 3.40. The predicted molar refractivity (Wildman–Crippen MR) is 123 cm³/mol. The molecule has 10 heteroatoms. The van der Waals surface area contributed by atoms with Crippen molar-refractivity contribution in [3.8, 4) is 16.9 Å².